The number of carbonyl (C=O) groups is 2. The predicted molar refractivity (Wildman–Crippen MR) is 121 cm³/mol. The molecule has 2 heterocycles. The van der Waals surface area contributed by atoms with Crippen LogP contribution in [0.5, 0.6) is 0 Å². The summed E-state index contributed by atoms with van der Waals surface area (Å²) in [5, 5.41) is 17.8. The van der Waals surface area contributed by atoms with Gasteiger partial charge in [0.2, 0.25) is 11.8 Å². The number of nitrogens with one attached hydrogen (secondary N) is 2. The van der Waals surface area contributed by atoms with Crippen LogP contribution < -0.4 is 10.6 Å². The van der Waals surface area contributed by atoms with E-state index in [1.807, 2.05) is 18.2 Å². The number of fused-ring (bicyclic) bond motifs is 1. The van der Waals surface area contributed by atoms with Crippen molar-refractivity contribution in [2.75, 3.05) is 13.1 Å². The first kappa shape index (κ1) is 23.5. The topological polar surface area (TPSA) is 122 Å². The molecule has 1 aromatic heterocycles. The maximum atomic E-state index is 13.2. The van der Waals surface area contributed by atoms with E-state index in [2.05, 4.69) is 31.0 Å². The van der Waals surface area contributed by atoms with Crippen LogP contribution in [0.1, 0.15) is 30.1 Å². The second kappa shape index (κ2) is 11.0. The maximum absolute atomic E-state index is 13.2. The molecule has 1 atom stereocenters. The summed E-state index contributed by atoms with van der Waals surface area (Å²) in [6.07, 6.45) is 8.80. The van der Waals surface area contributed by atoms with E-state index < -0.39 is 5.82 Å². The van der Waals surface area contributed by atoms with Gasteiger partial charge in [0.25, 0.3) is 5.91 Å². The monoisotopic (exact) mass is 484 g/mol. The van der Waals surface area contributed by atoms with Crippen molar-refractivity contribution in [1.29, 1.82) is 0 Å². The second-order valence-corrected chi connectivity index (χ2v) is 8.12. The Labute approximate surface area is 199 Å². The van der Waals surface area contributed by atoms with Crippen LogP contribution in [-0.4, -0.2) is 35.0 Å². The zero-order chi connectivity index (χ0) is 23.9. The molecule has 0 saturated carbocycles. The summed E-state index contributed by atoms with van der Waals surface area (Å²) in [4.78, 5) is 28.2. The fraction of sp³-hybridized carbons (Fsp3) is 0.304. The van der Waals surface area contributed by atoms with Gasteiger partial charge in [-0.15, -0.1) is 10.2 Å². The zero-order valence-electron chi connectivity index (χ0n) is 18.1. The molecule has 4 rings (SSSR count). The van der Waals surface area contributed by atoms with E-state index in [4.69, 9.17) is 16.1 Å². The minimum absolute atomic E-state index is 0.133. The fourth-order valence-electron chi connectivity index (χ4n) is 3.47. The van der Waals surface area contributed by atoms with E-state index in [0.717, 1.165) is 5.57 Å². The molecule has 9 nitrogen and oxygen atoms in total. The highest BCUT2D eigenvalue weighted by Gasteiger charge is 2.26. The summed E-state index contributed by atoms with van der Waals surface area (Å²) in [6, 6.07) is 4.13. The van der Waals surface area contributed by atoms with Crippen molar-refractivity contribution in [2.24, 2.45) is 16.1 Å². The van der Waals surface area contributed by atoms with Gasteiger partial charge in [0.15, 0.2) is 11.6 Å². The average Bonchev–Trinajstić information content (AvgIpc) is 3.28. The summed E-state index contributed by atoms with van der Waals surface area (Å²) in [6.45, 7) is 1.04. The van der Waals surface area contributed by atoms with Crippen LogP contribution in [0.3, 0.4) is 0 Å². The number of hydrogen-bond acceptors (Lipinski definition) is 7. The van der Waals surface area contributed by atoms with Gasteiger partial charge in [-0.3, -0.25) is 9.59 Å². The van der Waals surface area contributed by atoms with E-state index in [-0.39, 0.29) is 24.2 Å². The molecular formula is C23H22ClFN6O3. The Hall–Kier alpha value is -3.66. The molecule has 2 amide bonds. The van der Waals surface area contributed by atoms with Crippen molar-refractivity contribution in [3.05, 3.63) is 82.0 Å². The zero-order valence-corrected chi connectivity index (χ0v) is 18.9. The molecule has 1 aromatic carbocycles. The number of aryl methyl sites for hydroxylation is 1. The van der Waals surface area contributed by atoms with Gasteiger partial charge in [0, 0.05) is 42.9 Å². The van der Waals surface area contributed by atoms with Crippen LogP contribution in [0.2, 0.25) is 5.02 Å². The smallest absolute Gasteiger partial charge is 0.276 e. The molecular weight excluding hydrogens is 463 g/mol. The van der Waals surface area contributed by atoms with Gasteiger partial charge < -0.3 is 15.2 Å². The van der Waals surface area contributed by atoms with Crippen molar-refractivity contribution < 1.29 is 18.5 Å². The van der Waals surface area contributed by atoms with E-state index >= 15 is 0 Å². The number of azo groups is 1. The van der Waals surface area contributed by atoms with E-state index in [0.29, 0.717) is 60.5 Å². The summed E-state index contributed by atoms with van der Waals surface area (Å²) in [5.74, 6) is 0.128. The van der Waals surface area contributed by atoms with E-state index in [1.165, 1.54) is 12.1 Å². The lowest BCUT2D eigenvalue weighted by atomic mass is 9.93. The van der Waals surface area contributed by atoms with Crippen LogP contribution in [0.15, 0.2) is 68.6 Å². The highest BCUT2D eigenvalue weighted by Crippen LogP contribution is 2.27. The summed E-state index contributed by atoms with van der Waals surface area (Å²) in [7, 11) is 0. The fourth-order valence-corrected chi connectivity index (χ4v) is 3.70. The molecule has 2 aromatic rings. The number of amides is 2. The van der Waals surface area contributed by atoms with Crippen LogP contribution in [-0.2, 0) is 22.4 Å². The lowest BCUT2D eigenvalue weighted by Gasteiger charge is -2.20. The van der Waals surface area contributed by atoms with Crippen LogP contribution >= 0.6 is 11.6 Å². The molecule has 0 radical (unpaired) electrons. The lowest BCUT2D eigenvalue weighted by molar-refractivity contribution is -0.121. The molecule has 2 N–H and O–H groups in total. The molecule has 0 bridgehead atoms. The highest BCUT2D eigenvalue weighted by molar-refractivity contribution is 6.31. The standard InChI is InChI=1S/C23H22ClFN6O3/c24-18-13-15(25)7-6-14(18)12-19-28-21(34-31-19)9-8-20(32)26-10-3-11-27-22-16-4-1-2-5-17(16)23(33)30-29-22/h1-2,4-7,13,17,27H,3,8-12H2,(H,26,32). The number of hydrogen-bond donors (Lipinski definition) is 2. The first-order valence-corrected chi connectivity index (χ1v) is 11.2. The Morgan fingerprint density at radius 3 is 2.94 bits per heavy atom. The number of carbonyl (C=O) groups excluding carboxylic acids is 2. The molecule has 0 spiro atoms. The van der Waals surface area contributed by atoms with Crippen molar-refractivity contribution in [3.63, 3.8) is 0 Å². The van der Waals surface area contributed by atoms with Crippen LogP contribution in [0.4, 0.5) is 4.39 Å². The Kier molecular flexibility index (Phi) is 7.58. The van der Waals surface area contributed by atoms with Crippen molar-refractivity contribution in [2.45, 2.75) is 25.7 Å². The minimum atomic E-state index is -0.412. The number of halogens is 2. The first-order valence-electron chi connectivity index (χ1n) is 10.8. The van der Waals surface area contributed by atoms with E-state index in [1.54, 1.807) is 12.1 Å². The normalized spacial score (nSPS) is 16.6. The SMILES string of the molecule is O=C(CCc1nc(Cc2ccc(F)cc2Cl)no1)NCCCNC1=C2C=CC=CC2C(=O)N=N1. The van der Waals surface area contributed by atoms with Gasteiger partial charge in [-0.2, -0.15) is 4.98 Å². The van der Waals surface area contributed by atoms with Crippen molar-refractivity contribution in [3.8, 4) is 0 Å². The van der Waals surface area contributed by atoms with Crippen LogP contribution in [0, 0.1) is 11.7 Å². The molecule has 176 valence electrons. The highest BCUT2D eigenvalue weighted by atomic mass is 35.5. The second-order valence-electron chi connectivity index (χ2n) is 7.71. The number of benzene rings is 1. The quantitative estimate of drug-likeness (QED) is 0.498. The Morgan fingerprint density at radius 2 is 2.09 bits per heavy atom. The third-order valence-corrected chi connectivity index (χ3v) is 5.57. The molecule has 11 heteroatoms. The van der Waals surface area contributed by atoms with Crippen molar-refractivity contribution in [1.82, 2.24) is 20.8 Å². The summed E-state index contributed by atoms with van der Waals surface area (Å²) < 4.78 is 18.3. The minimum Gasteiger partial charge on any atom is -0.368 e. The Balaban J connectivity index is 1.15. The predicted octanol–water partition coefficient (Wildman–Crippen LogP) is 3.43. The molecule has 0 saturated heterocycles. The molecule has 2 aliphatic rings. The number of nitrogens with zero attached hydrogens (tertiary/aromatic N) is 4. The van der Waals surface area contributed by atoms with Gasteiger partial charge in [-0.25, -0.2) is 4.39 Å². The van der Waals surface area contributed by atoms with Gasteiger partial charge >= 0.3 is 0 Å². The Bertz CT molecular complexity index is 1200. The Morgan fingerprint density at radius 1 is 1.21 bits per heavy atom. The molecule has 0 fully saturated rings. The summed E-state index contributed by atoms with van der Waals surface area (Å²) in [5.41, 5.74) is 1.48. The van der Waals surface area contributed by atoms with E-state index in [9.17, 15) is 14.0 Å². The molecule has 34 heavy (non-hydrogen) atoms. The number of allylic oxidation sites excluding steroid dienone is 3. The van der Waals surface area contributed by atoms with Gasteiger partial charge in [0.05, 0.1) is 5.92 Å². The first-order chi connectivity index (χ1) is 16.5. The number of rotatable bonds is 10. The third kappa shape index (κ3) is 6.02. The maximum Gasteiger partial charge on any atom is 0.276 e. The van der Waals surface area contributed by atoms with Crippen LogP contribution in [0.25, 0.3) is 0 Å². The molecule has 1 aliphatic heterocycles. The molecule has 1 aliphatic carbocycles. The molecule has 1 unspecified atom stereocenters. The lowest BCUT2D eigenvalue weighted by Crippen LogP contribution is -2.28. The van der Waals surface area contributed by atoms with Gasteiger partial charge in [-0.05, 0) is 24.1 Å². The third-order valence-electron chi connectivity index (χ3n) is 5.22. The van der Waals surface area contributed by atoms with Gasteiger partial charge in [-0.1, -0.05) is 47.1 Å². The summed E-state index contributed by atoms with van der Waals surface area (Å²) >= 11 is 6.02. The average molecular weight is 485 g/mol. The number of aromatic nitrogens is 2. The van der Waals surface area contributed by atoms with Gasteiger partial charge in [0.1, 0.15) is 5.82 Å². The van der Waals surface area contributed by atoms with Crippen molar-refractivity contribution >= 4 is 23.4 Å². The largest absolute Gasteiger partial charge is 0.368 e.